The van der Waals surface area contributed by atoms with Crippen LogP contribution in [0.5, 0.6) is 0 Å². The van der Waals surface area contributed by atoms with Gasteiger partial charge in [-0.1, -0.05) is 26.7 Å². The first kappa shape index (κ1) is 14.0. The van der Waals surface area contributed by atoms with Crippen molar-refractivity contribution in [2.24, 2.45) is 17.8 Å². The van der Waals surface area contributed by atoms with E-state index in [1.165, 1.54) is 0 Å². The number of carboxylic acid groups (broad SMARTS) is 1. The lowest BCUT2D eigenvalue weighted by Gasteiger charge is -2.15. The molecule has 2 N–H and O–H groups in total. The van der Waals surface area contributed by atoms with E-state index in [4.69, 9.17) is 5.11 Å². The summed E-state index contributed by atoms with van der Waals surface area (Å²) in [5.41, 5.74) is 0. The molecule has 4 heteroatoms. The van der Waals surface area contributed by atoms with Crippen molar-refractivity contribution < 1.29 is 14.7 Å². The Kier molecular flexibility index (Phi) is 5.45. The summed E-state index contributed by atoms with van der Waals surface area (Å²) in [4.78, 5) is 22.6. The molecule has 0 aromatic carbocycles. The molecule has 0 spiro atoms. The lowest BCUT2D eigenvalue weighted by atomic mass is 10.0. The average Bonchev–Trinajstić information content (AvgIpc) is 2.79. The van der Waals surface area contributed by atoms with Crippen molar-refractivity contribution in [1.82, 2.24) is 5.32 Å². The fraction of sp³-hybridized carbons (Fsp3) is 0.846. The third kappa shape index (κ3) is 4.02. The fourth-order valence-corrected chi connectivity index (χ4v) is 2.41. The topological polar surface area (TPSA) is 66.4 Å². The second-order valence-corrected chi connectivity index (χ2v) is 4.97. The van der Waals surface area contributed by atoms with Crippen LogP contribution in [0.4, 0.5) is 0 Å². The van der Waals surface area contributed by atoms with Crippen molar-refractivity contribution in [1.29, 1.82) is 0 Å². The Morgan fingerprint density at radius 1 is 1.24 bits per heavy atom. The van der Waals surface area contributed by atoms with Crippen LogP contribution in [0.3, 0.4) is 0 Å². The number of hydrogen-bond donors (Lipinski definition) is 2. The minimum Gasteiger partial charge on any atom is -0.481 e. The zero-order valence-corrected chi connectivity index (χ0v) is 10.7. The van der Waals surface area contributed by atoms with Crippen LogP contribution >= 0.6 is 0 Å². The standard InChI is InChI=1S/C13H23NO3/c1-3-9(4-2)8-14-12(15)10-5-6-11(7-10)13(16)17/h9-11H,3-8H2,1-2H3,(H,14,15)(H,16,17). The first-order valence-corrected chi connectivity index (χ1v) is 6.58. The Hall–Kier alpha value is -1.06. The first-order valence-electron chi connectivity index (χ1n) is 6.58. The first-order chi connectivity index (χ1) is 8.08. The van der Waals surface area contributed by atoms with Crippen molar-refractivity contribution in [3.05, 3.63) is 0 Å². The Morgan fingerprint density at radius 3 is 2.29 bits per heavy atom. The van der Waals surface area contributed by atoms with Gasteiger partial charge in [0.2, 0.25) is 5.91 Å². The molecule has 2 unspecified atom stereocenters. The number of carboxylic acids is 1. The number of nitrogens with one attached hydrogen (secondary N) is 1. The molecular weight excluding hydrogens is 218 g/mol. The zero-order valence-electron chi connectivity index (χ0n) is 10.7. The molecule has 0 aliphatic heterocycles. The van der Waals surface area contributed by atoms with E-state index in [1.54, 1.807) is 0 Å². The molecule has 98 valence electrons. The van der Waals surface area contributed by atoms with Gasteiger partial charge in [-0.2, -0.15) is 0 Å². The van der Waals surface area contributed by atoms with Gasteiger partial charge in [0, 0.05) is 12.5 Å². The highest BCUT2D eigenvalue weighted by Gasteiger charge is 2.33. The maximum atomic E-state index is 11.8. The molecule has 1 rings (SSSR count). The molecule has 1 aliphatic rings. The van der Waals surface area contributed by atoms with Crippen molar-refractivity contribution in [2.75, 3.05) is 6.54 Å². The summed E-state index contributed by atoms with van der Waals surface area (Å²) in [5.74, 6) is -0.596. The van der Waals surface area contributed by atoms with Crippen molar-refractivity contribution in [3.63, 3.8) is 0 Å². The third-order valence-corrected chi connectivity index (χ3v) is 3.87. The Balaban J connectivity index is 2.32. The number of amides is 1. The monoisotopic (exact) mass is 241 g/mol. The average molecular weight is 241 g/mol. The van der Waals surface area contributed by atoms with Gasteiger partial charge in [0.25, 0.3) is 0 Å². The van der Waals surface area contributed by atoms with Crippen molar-refractivity contribution >= 4 is 11.9 Å². The van der Waals surface area contributed by atoms with Gasteiger partial charge in [0.1, 0.15) is 0 Å². The van der Waals surface area contributed by atoms with Crippen LogP contribution in [0.1, 0.15) is 46.0 Å². The molecule has 1 fully saturated rings. The molecule has 0 bridgehead atoms. The Labute approximate surface area is 103 Å². The summed E-state index contributed by atoms with van der Waals surface area (Å²) in [6.07, 6.45) is 3.99. The molecule has 0 aromatic rings. The van der Waals surface area contributed by atoms with Crippen molar-refractivity contribution in [2.45, 2.75) is 46.0 Å². The van der Waals surface area contributed by atoms with Crippen molar-refractivity contribution in [3.8, 4) is 0 Å². The summed E-state index contributed by atoms with van der Waals surface area (Å²) >= 11 is 0. The molecule has 0 radical (unpaired) electrons. The highest BCUT2D eigenvalue weighted by Crippen LogP contribution is 2.31. The van der Waals surface area contributed by atoms with E-state index in [1.807, 2.05) is 0 Å². The molecule has 1 amide bonds. The molecule has 0 saturated heterocycles. The largest absolute Gasteiger partial charge is 0.481 e. The van der Waals surface area contributed by atoms with E-state index >= 15 is 0 Å². The smallest absolute Gasteiger partial charge is 0.306 e. The molecule has 4 nitrogen and oxygen atoms in total. The minimum absolute atomic E-state index is 0.0423. The third-order valence-electron chi connectivity index (χ3n) is 3.87. The zero-order chi connectivity index (χ0) is 12.8. The normalized spacial score (nSPS) is 23.9. The molecule has 1 aliphatic carbocycles. The lowest BCUT2D eigenvalue weighted by Crippen LogP contribution is -2.33. The van der Waals surface area contributed by atoms with Crippen LogP contribution in [-0.2, 0) is 9.59 Å². The summed E-state index contributed by atoms with van der Waals surface area (Å²) in [6, 6.07) is 0. The van der Waals surface area contributed by atoms with Gasteiger partial charge in [-0.15, -0.1) is 0 Å². The summed E-state index contributed by atoms with van der Waals surface area (Å²) in [6.45, 7) is 4.97. The van der Waals surface area contributed by atoms with E-state index in [0.29, 0.717) is 25.2 Å². The number of rotatable bonds is 6. The maximum absolute atomic E-state index is 11.8. The Bertz CT molecular complexity index is 274. The van der Waals surface area contributed by atoms with E-state index in [9.17, 15) is 9.59 Å². The summed E-state index contributed by atoms with van der Waals surface area (Å²) in [7, 11) is 0. The number of hydrogen-bond acceptors (Lipinski definition) is 2. The lowest BCUT2D eigenvalue weighted by molar-refractivity contribution is -0.141. The van der Waals surface area contributed by atoms with Gasteiger partial charge >= 0.3 is 5.97 Å². The predicted octanol–water partition coefficient (Wildman–Crippen LogP) is 2.04. The van der Waals surface area contributed by atoms with Gasteiger partial charge in [-0.05, 0) is 25.2 Å². The van der Waals surface area contributed by atoms with E-state index in [0.717, 1.165) is 19.4 Å². The van der Waals surface area contributed by atoms with E-state index in [-0.39, 0.29) is 17.7 Å². The highest BCUT2D eigenvalue weighted by atomic mass is 16.4. The minimum atomic E-state index is -0.764. The number of carbonyl (C=O) groups excluding carboxylic acids is 1. The van der Waals surface area contributed by atoms with Crippen LogP contribution in [0.15, 0.2) is 0 Å². The van der Waals surface area contributed by atoms with E-state index in [2.05, 4.69) is 19.2 Å². The van der Waals surface area contributed by atoms with Gasteiger partial charge in [0.05, 0.1) is 5.92 Å². The highest BCUT2D eigenvalue weighted by molar-refractivity contribution is 5.80. The summed E-state index contributed by atoms with van der Waals surface area (Å²) < 4.78 is 0. The van der Waals surface area contributed by atoms with Crippen LogP contribution < -0.4 is 5.32 Å². The molecule has 2 atom stereocenters. The van der Waals surface area contributed by atoms with Crippen LogP contribution in [-0.4, -0.2) is 23.5 Å². The van der Waals surface area contributed by atoms with Crippen LogP contribution in [0.25, 0.3) is 0 Å². The van der Waals surface area contributed by atoms with Gasteiger partial charge < -0.3 is 10.4 Å². The van der Waals surface area contributed by atoms with Crippen LogP contribution in [0.2, 0.25) is 0 Å². The second-order valence-electron chi connectivity index (χ2n) is 4.97. The molecule has 17 heavy (non-hydrogen) atoms. The molecule has 1 saturated carbocycles. The quantitative estimate of drug-likeness (QED) is 0.748. The van der Waals surface area contributed by atoms with Gasteiger partial charge in [-0.25, -0.2) is 0 Å². The Morgan fingerprint density at radius 2 is 1.82 bits per heavy atom. The van der Waals surface area contributed by atoms with Crippen LogP contribution in [0, 0.1) is 17.8 Å². The van der Waals surface area contributed by atoms with E-state index < -0.39 is 5.97 Å². The fourth-order valence-electron chi connectivity index (χ4n) is 2.41. The van der Waals surface area contributed by atoms with Gasteiger partial charge in [-0.3, -0.25) is 9.59 Å². The molecule has 0 heterocycles. The predicted molar refractivity (Wildman–Crippen MR) is 65.5 cm³/mol. The molecule has 0 aromatic heterocycles. The maximum Gasteiger partial charge on any atom is 0.306 e. The number of carbonyl (C=O) groups is 2. The molecular formula is C13H23NO3. The second kappa shape index (κ2) is 6.62. The number of aliphatic carboxylic acids is 1. The SMILES string of the molecule is CCC(CC)CNC(=O)C1CCC(C(=O)O)C1. The summed E-state index contributed by atoms with van der Waals surface area (Å²) in [5, 5.41) is 11.8. The van der Waals surface area contributed by atoms with Gasteiger partial charge in [0.15, 0.2) is 0 Å².